The van der Waals surface area contributed by atoms with Crippen LogP contribution in [-0.2, 0) is 0 Å². The first-order valence-corrected chi connectivity index (χ1v) is 9.76. The van der Waals surface area contributed by atoms with Gasteiger partial charge in [-0.1, -0.05) is 36.4 Å². The van der Waals surface area contributed by atoms with E-state index in [0.717, 1.165) is 10.2 Å². The summed E-state index contributed by atoms with van der Waals surface area (Å²) in [6.07, 6.45) is 9.73. The fraction of sp³-hybridized carbons (Fsp3) is 0.429. The van der Waals surface area contributed by atoms with Crippen molar-refractivity contribution in [3.63, 3.8) is 0 Å². The van der Waals surface area contributed by atoms with Crippen molar-refractivity contribution in [2.24, 2.45) is 0 Å². The van der Waals surface area contributed by atoms with Gasteiger partial charge in [0.15, 0.2) is 0 Å². The Morgan fingerprint density at radius 1 is 0.750 bits per heavy atom. The monoisotopic (exact) mass is 252 g/mol. The minimum absolute atomic E-state index is 0.500. The molecule has 2 heteroatoms. The number of hydrogen-bond donors (Lipinski definition) is 0. The highest BCUT2D eigenvalue weighted by Gasteiger charge is 2.07. The topological polar surface area (TPSA) is 0 Å². The Morgan fingerprint density at radius 3 is 1.19 bits per heavy atom. The molecule has 0 aliphatic heterocycles. The van der Waals surface area contributed by atoms with Crippen LogP contribution >= 0.6 is 0 Å². The Bertz CT molecular complexity index is 157. The van der Waals surface area contributed by atoms with E-state index in [0.29, 0.717) is 0 Å². The van der Waals surface area contributed by atoms with E-state index in [-0.39, 0.29) is 0 Å². The number of allylic oxidation sites excluding steroid dienone is 3. The zero-order valence-corrected chi connectivity index (χ0v) is 14.1. The molecule has 0 radical (unpaired) electrons. The maximum atomic E-state index is 3.78. The first-order chi connectivity index (χ1) is 7.76. The second kappa shape index (κ2) is 16.8. The Balaban J connectivity index is 0. The van der Waals surface area contributed by atoms with Crippen LogP contribution in [0.5, 0.6) is 0 Å². The first-order valence-electron chi connectivity index (χ1n) is 6.16. The Hall–Kier alpha value is -0.606. The van der Waals surface area contributed by atoms with E-state index in [2.05, 4.69) is 26.3 Å². The van der Waals surface area contributed by atoms with Crippen LogP contribution in [0.3, 0.4) is 0 Å². The lowest BCUT2D eigenvalue weighted by Crippen LogP contribution is -2.10. The molecule has 0 fully saturated rings. The quantitative estimate of drug-likeness (QED) is 0.436. The molecule has 0 heterocycles. The van der Waals surface area contributed by atoms with Gasteiger partial charge in [-0.05, 0) is 19.3 Å². The van der Waals surface area contributed by atoms with E-state index in [1.807, 2.05) is 23.9 Å². The van der Waals surface area contributed by atoms with Crippen LogP contribution in [0, 0.1) is 0 Å². The molecule has 0 bridgehead atoms. The summed E-state index contributed by atoms with van der Waals surface area (Å²) in [6.45, 7) is 14.7. The Morgan fingerprint density at radius 2 is 1.00 bits per heavy atom. The first kappa shape index (κ1) is 17.8. The van der Waals surface area contributed by atoms with Gasteiger partial charge in [0.1, 0.15) is 0 Å². The standard InChI is InChI=1S/C12H22Si.C2H6Si/c1-4-7-10-13(11-8-5-2)12-9-6-3;1-2-3/h4-6,13H,1-3,7-12H2;2H,1H2,3H3. The molecule has 0 unspecified atom stereocenters. The molecule has 0 spiro atoms. The van der Waals surface area contributed by atoms with Crippen molar-refractivity contribution in [3.8, 4) is 0 Å². The van der Waals surface area contributed by atoms with Crippen molar-refractivity contribution < 1.29 is 0 Å². The second-order valence-corrected chi connectivity index (χ2v) is 8.15. The Labute approximate surface area is 107 Å². The molecule has 0 aliphatic rings. The fourth-order valence-corrected chi connectivity index (χ4v) is 4.48. The summed E-state index contributed by atoms with van der Waals surface area (Å²) in [5.41, 5.74) is 1.89. The summed E-state index contributed by atoms with van der Waals surface area (Å²) in [5, 5.41) is 0. The zero-order chi connectivity index (χ0) is 12.6. The molecule has 0 nitrogen and oxygen atoms in total. The van der Waals surface area contributed by atoms with Crippen LogP contribution in [0.4, 0.5) is 0 Å². The van der Waals surface area contributed by atoms with Gasteiger partial charge in [0.2, 0.25) is 0 Å². The second-order valence-electron chi connectivity index (χ2n) is 3.87. The normalized spacial score (nSPS) is 9.06. The molecule has 0 atom stereocenters. The van der Waals surface area contributed by atoms with Crippen LogP contribution in [0.2, 0.25) is 18.1 Å². The molecule has 0 saturated carbocycles. The summed E-state index contributed by atoms with van der Waals surface area (Å²) < 4.78 is 0. The smallest absolute Gasteiger partial charge is 0.0377 e. The fourth-order valence-electron chi connectivity index (χ4n) is 1.49. The highest BCUT2D eigenvalue weighted by molar-refractivity contribution is 6.58. The van der Waals surface area contributed by atoms with Crippen LogP contribution < -0.4 is 0 Å². The van der Waals surface area contributed by atoms with Crippen molar-refractivity contribution >= 4 is 19.0 Å². The molecule has 0 amide bonds. The maximum Gasteiger partial charge on any atom is 0.0377 e. The molecule has 92 valence electrons. The van der Waals surface area contributed by atoms with E-state index >= 15 is 0 Å². The van der Waals surface area contributed by atoms with Gasteiger partial charge >= 0.3 is 0 Å². The molecular weight excluding hydrogens is 224 g/mol. The lowest BCUT2D eigenvalue weighted by atomic mass is 10.5. The molecule has 0 aromatic heterocycles. The van der Waals surface area contributed by atoms with Crippen molar-refractivity contribution in [1.29, 1.82) is 0 Å². The Kier molecular flexibility index (Phi) is 18.7. The summed E-state index contributed by atoms with van der Waals surface area (Å²) in [4.78, 5) is 0. The van der Waals surface area contributed by atoms with Gasteiger partial charge in [0.05, 0.1) is 0 Å². The summed E-state index contributed by atoms with van der Waals surface area (Å²) in [6, 6.07) is 4.22. The van der Waals surface area contributed by atoms with Crippen molar-refractivity contribution in [3.05, 3.63) is 50.2 Å². The SMILES string of the molecule is C=CCC[SiH](CCC=C)CCC=C.C=C[SiH3]. The lowest BCUT2D eigenvalue weighted by molar-refractivity contribution is 1.06. The van der Waals surface area contributed by atoms with Gasteiger partial charge < -0.3 is 0 Å². The number of rotatable bonds is 9. The average Bonchev–Trinajstić information content (AvgIpc) is 2.29. The molecule has 16 heavy (non-hydrogen) atoms. The zero-order valence-electron chi connectivity index (χ0n) is 11.0. The van der Waals surface area contributed by atoms with E-state index < -0.39 is 8.80 Å². The highest BCUT2D eigenvalue weighted by Crippen LogP contribution is 2.13. The third-order valence-corrected chi connectivity index (χ3v) is 5.79. The molecule has 0 aromatic carbocycles. The van der Waals surface area contributed by atoms with Gasteiger partial charge in [-0.2, -0.15) is 0 Å². The maximum absolute atomic E-state index is 3.78. The number of hydrogen-bond acceptors (Lipinski definition) is 0. The van der Waals surface area contributed by atoms with E-state index in [9.17, 15) is 0 Å². The van der Waals surface area contributed by atoms with Gasteiger partial charge in [-0.3, -0.25) is 0 Å². The van der Waals surface area contributed by atoms with Crippen LogP contribution in [0.25, 0.3) is 0 Å². The van der Waals surface area contributed by atoms with Crippen molar-refractivity contribution in [1.82, 2.24) is 0 Å². The van der Waals surface area contributed by atoms with Gasteiger partial charge in [0.25, 0.3) is 0 Å². The van der Waals surface area contributed by atoms with Gasteiger partial charge in [-0.25, -0.2) is 0 Å². The van der Waals surface area contributed by atoms with Crippen molar-refractivity contribution in [2.45, 2.75) is 37.4 Å². The van der Waals surface area contributed by atoms with Crippen molar-refractivity contribution in [2.75, 3.05) is 0 Å². The van der Waals surface area contributed by atoms with Crippen LogP contribution in [0.1, 0.15) is 19.3 Å². The molecule has 0 N–H and O–H groups in total. The van der Waals surface area contributed by atoms with Crippen LogP contribution in [-0.4, -0.2) is 19.0 Å². The van der Waals surface area contributed by atoms with E-state index in [4.69, 9.17) is 0 Å². The lowest BCUT2D eigenvalue weighted by Gasteiger charge is -2.11. The molecule has 0 aromatic rings. The predicted octanol–water partition coefficient (Wildman–Crippen LogP) is 3.44. The average molecular weight is 253 g/mol. The van der Waals surface area contributed by atoms with E-state index in [1.165, 1.54) is 37.4 Å². The molecule has 0 aliphatic carbocycles. The summed E-state index contributed by atoms with van der Waals surface area (Å²) >= 11 is 0. The van der Waals surface area contributed by atoms with Crippen LogP contribution in [0.15, 0.2) is 50.2 Å². The third kappa shape index (κ3) is 15.8. The summed E-state index contributed by atoms with van der Waals surface area (Å²) in [5.74, 6) is 0. The summed E-state index contributed by atoms with van der Waals surface area (Å²) in [7, 11) is 0.632. The van der Waals surface area contributed by atoms with Gasteiger partial charge in [-0.15, -0.1) is 32.0 Å². The highest BCUT2D eigenvalue weighted by atomic mass is 28.3. The minimum Gasteiger partial charge on any atom is -0.112 e. The third-order valence-electron chi connectivity index (χ3n) is 2.34. The van der Waals surface area contributed by atoms with E-state index in [1.54, 1.807) is 0 Å². The molecule has 0 rings (SSSR count). The minimum atomic E-state index is -0.500. The largest absolute Gasteiger partial charge is 0.112 e. The molecular formula is C14H28Si2. The predicted molar refractivity (Wildman–Crippen MR) is 86.1 cm³/mol. The van der Waals surface area contributed by atoms with Gasteiger partial charge in [0, 0.05) is 19.0 Å². The molecule has 0 saturated heterocycles.